The van der Waals surface area contributed by atoms with Gasteiger partial charge in [-0.25, -0.2) is 9.97 Å². The highest BCUT2D eigenvalue weighted by Gasteiger charge is 2.45. The SMILES string of the molecule is Cc1cc2n(n1)CCN([C@H](C)Cc1nc3c4ccc5c(c4nc(N)n3n1)OC(F)(F)O5)C2. The molecule has 0 saturated heterocycles. The summed E-state index contributed by atoms with van der Waals surface area (Å²) in [4.78, 5) is 11.2. The van der Waals surface area contributed by atoms with Crippen LogP contribution in [0.3, 0.4) is 0 Å². The van der Waals surface area contributed by atoms with Crippen molar-refractivity contribution in [3.8, 4) is 11.5 Å². The van der Waals surface area contributed by atoms with E-state index in [0.29, 0.717) is 23.3 Å². The Balaban J connectivity index is 1.32. The average Bonchev–Trinajstić information content (AvgIpc) is 3.40. The maximum atomic E-state index is 13.6. The summed E-state index contributed by atoms with van der Waals surface area (Å²) in [5.41, 5.74) is 8.88. The molecule has 2 aliphatic heterocycles. The topological polar surface area (TPSA) is 109 Å². The van der Waals surface area contributed by atoms with E-state index in [4.69, 9.17) is 5.73 Å². The number of rotatable bonds is 3. The fraction of sp³-hybridized carbons (Fsp3) is 0.400. The summed E-state index contributed by atoms with van der Waals surface area (Å²) in [6.45, 7) is 6.65. The third kappa shape index (κ3) is 2.93. The Hall–Kier alpha value is -3.54. The highest BCUT2D eigenvalue weighted by atomic mass is 19.3. The van der Waals surface area contributed by atoms with Gasteiger partial charge in [0.2, 0.25) is 5.95 Å². The van der Waals surface area contributed by atoms with Crippen LogP contribution in [0, 0.1) is 6.92 Å². The van der Waals surface area contributed by atoms with Crippen molar-refractivity contribution in [1.29, 1.82) is 0 Å². The first-order valence-electron chi connectivity index (χ1n) is 10.3. The molecule has 0 bridgehead atoms. The minimum absolute atomic E-state index is 0.0310. The van der Waals surface area contributed by atoms with Crippen LogP contribution in [0.4, 0.5) is 14.7 Å². The molecule has 1 aromatic carbocycles. The van der Waals surface area contributed by atoms with Crippen molar-refractivity contribution in [3.05, 3.63) is 35.4 Å². The Morgan fingerprint density at radius 1 is 1.19 bits per heavy atom. The van der Waals surface area contributed by atoms with Crippen LogP contribution >= 0.6 is 0 Å². The number of benzene rings is 1. The predicted molar refractivity (Wildman–Crippen MR) is 109 cm³/mol. The van der Waals surface area contributed by atoms with Gasteiger partial charge < -0.3 is 15.2 Å². The van der Waals surface area contributed by atoms with Crippen LogP contribution in [0.15, 0.2) is 18.2 Å². The second-order valence-electron chi connectivity index (χ2n) is 8.21. The molecule has 0 radical (unpaired) electrons. The van der Waals surface area contributed by atoms with E-state index in [2.05, 4.69) is 47.5 Å². The van der Waals surface area contributed by atoms with Crippen molar-refractivity contribution >= 4 is 22.5 Å². The Bertz CT molecular complexity index is 1380. The number of nitrogens with zero attached hydrogens (tertiary/aromatic N) is 7. The Morgan fingerprint density at radius 3 is 2.88 bits per heavy atom. The molecule has 2 aliphatic rings. The van der Waals surface area contributed by atoms with Gasteiger partial charge in [-0.15, -0.1) is 13.9 Å². The van der Waals surface area contributed by atoms with Crippen molar-refractivity contribution in [2.24, 2.45) is 0 Å². The van der Waals surface area contributed by atoms with E-state index >= 15 is 0 Å². The first kappa shape index (κ1) is 19.2. The van der Waals surface area contributed by atoms with Gasteiger partial charge in [0.15, 0.2) is 23.0 Å². The summed E-state index contributed by atoms with van der Waals surface area (Å²) >= 11 is 0. The van der Waals surface area contributed by atoms with E-state index in [0.717, 1.165) is 25.3 Å². The summed E-state index contributed by atoms with van der Waals surface area (Å²) in [6.07, 6.45) is -3.14. The molecule has 0 fully saturated rings. The van der Waals surface area contributed by atoms with E-state index in [1.165, 1.54) is 16.3 Å². The molecule has 10 nitrogen and oxygen atoms in total. The number of ether oxygens (including phenoxy) is 2. The maximum Gasteiger partial charge on any atom is 0.586 e. The molecule has 12 heteroatoms. The molecule has 32 heavy (non-hydrogen) atoms. The number of alkyl halides is 2. The monoisotopic (exact) mass is 442 g/mol. The van der Waals surface area contributed by atoms with Crippen molar-refractivity contribution in [2.75, 3.05) is 12.3 Å². The molecule has 166 valence electrons. The highest BCUT2D eigenvalue weighted by molar-refractivity contribution is 5.97. The number of halogens is 2. The van der Waals surface area contributed by atoms with Gasteiger partial charge in [-0.1, -0.05) is 0 Å². The average molecular weight is 442 g/mol. The Labute approximate surface area is 180 Å². The molecule has 0 spiro atoms. The first-order chi connectivity index (χ1) is 15.3. The molecule has 1 atom stereocenters. The zero-order valence-electron chi connectivity index (χ0n) is 17.4. The summed E-state index contributed by atoms with van der Waals surface area (Å²) in [5.74, 6) is 0.381. The molecule has 3 aromatic heterocycles. The van der Waals surface area contributed by atoms with Crippen molar-refractivity contribution in [3.63, 3.8) is 0 Å². The summed E-state index contributed by atoms with van der Waals surface area (Å²) in [6, 6.07) is 5.30. The summed E-state index contributed by atoms with van der Waals surface area (Å²) in [5, 5.41) is 9.53. The van der Waals surface area contributed by atoms with Gasteiger partial charge in [-0.3, -0.25) is 9.58 Å². The first-order valence-corrected chi connectivity index (χ1v) is 10.3. The van der Waals surface area contributed by atoms with Crippen molar-refractivity contribution < 1.29 is 18.3 Å². The van der Waals surface area contributed by atoms with Crippen LogP contribution in [0.5, 0.6) is 11.5 Å². The fourth-order valence-electron chi connectivity index (χ4n) is 4.43. The molecule has 0 unspecified atom stereocenters. The highest BCUT2D eigenvalue weighted by Crippen LogP contribution is 2.45. The molecule has 6 rings (SSSR count). The Kier molecular flexibility index (Phi) is 3.88. The number of fused-ring (bicyclic) bond motifs is 6. The number of nitrogens with two attached hydrogens (primary N) is 1. The largest absolute Gasteiger partial charge is 0.586 e. The summed E-state index contributed by atoms with van der Waals surface area (Å²) < 4.78 is 39.7. The normalized spacial score (nSPS) is 18.4. The number of anilines is 1. The van der Waals surface area contributed by atoms with E-state index < -0.39 is 6.29 Å². The lowest BCUT2D eigenvalue weighted by Gasteiger charge is -2.32. The van der Waals surface area contributed by atoms with Gasteiger partial charge >= 0.3 is 6.29 Å². The van der Waals surface area contributed by atoms with Gasteiger partial charge in [0.1, 0.15) is 5.52 Å². The molecular weight excluding hydrogens is 422 g/mol. The molecule has 4 aromatic rings. The predicted octanol–water partition coefficient (Wildman–Crippen LogP) is 2.13. The molecule has 5 heterocycles. The number of nitrogen functional groups attached to an aromatic ring is 1. The maximum absolute atomic E-state index is 13.6. The van der Waals surface area contributed by atoms with Gasteiger partial charge in [0.05, 0.1) is 17.9 Å². The van der Waals surface area contributed by atoms with E-state index in [1.54, 1.807) is 6.07 Å². The second-order valence-corrected chi connectivity index (χ2v) is 8.21. The minimum atomic E-state index is -3.74. The Morgan fingerprint density at radius 2 is 2.03 bits per heavy atom. The van der Waals surface area contributed by atoms with Crippen molar-refractivity contribution in [2.45, 2.75) is 45.7 Å². The van der Waals surface area contributed by atoms with Crippen LogP contribution in [-0.4, -0.2) is 53.1 Å². The standard InChI is InChI=1S/C20H20F2N8O2/c1-10-7-12-9-28(5-6-29(12)26-10)11(2)8-15-24-18-13-3-4-14-17(32-20(21,22)31-14)16(13)25-19(23)30(18)27-15/h3-4,7,11H,5-6,8-9H2,1-2H3,(H2,23,25)/t11-/m1/s1. The van der Waals surface area contributed by atoms with Crippen LogP contribution < -0.4 is 15.2 Å². The third-order valence-corrected chi connectivity index (χ3v) is 5.93. The lowest BCUT2D eigenvalue weighted by atomic mass is 10.1. The van der Waals surface area contributed by atoms with Crippen LogP contribution in [0.25, 0.3) is 16.6 Å². The van der Waals surface area contributed by atoms with E-state index in [9.17, 15) is 8.78 Å². The van der Waals surface area contributed by atoms with Crippen molar-refractivity contribution in [1.82, 2.24) is 34.3 Å². The number of hydrogen-bond acceptors (Lipinski definition) is 8. The zero-order valence-corrected chi connectivity index (χ0v) is 17.4. The van der Waals surface area contributed by atoms with Gasteiger partial charge in [-0.05, 0) is 32.0 Å². The molecule has 2 N–H and O–H groups in total. The van der Waals surface area contributed by atoms with Crippen LogP contribution in [-0.2, 0) is 19.5 Å². The quantitative estimate of drug-likeness (QED) is 0.514. The van der Waals surface area contributed by atoms with Gasteiger partial charge in [0.25, 0.3) is 0 Å². The van der Waals surface area contributed by atoms with Gasteiger partial charge in [0, 0.05) is 30.9 Å². The zero-order chi connectivity index (χ0) is 22.2. The third-order valence-electron chi connectivity index (χ3n) is 5.93. The number of aryl methyl sites for hydroxylation is 1. The van der Waals surface area contributed by atoms with E-state index in [1.807, 2.05) is 11.6 Å². The molecular formula is C20H20F2N8O2. The molecule has 0 aliphatic carbocycles. The smallest absolute Gasteiger partial charge is 0.395 e. The number of aromatic nitrogens is 6. The minimum Gasteiger partial charge on any atom is -0.395 e. The second kappa shape index (κ2) is 6.48. The molecule has 0 amide bonds. The van der Waals surface area contributed by atoms with Crippen LogP contribution in [0.2, 0.25) is 0 Å². The fourth-order valence-corrected chi connectivity index (χ4v) is 4.43. The van der Waals surface area contributed by atoms with E-state index in [-0.39, 0.29) is 29.0 Å². The lowest BCUT2D eigenvalue weighted by Crippen LogP contribution is -2.41. The summed E-state index contributed by atoms with van der Waals surface area (Å²) in [7, 11) is 0. The lowest BCUT2D eigenvalue weighted by molar-refractivity contribution is -0.286. The molecule has 0 saturated carbocycles. The number of hydrogen-bond donors (Lipinski definition) is 1. The van der Waals surface area contributed by atoms with Gasteiger partial charge in [-0.2, -0.15) is 9.61 Å². The van der Waals surface area contributed by atoms with Crippen LogP contribution in [0.1, 0.15) is 24.1 Å².